The summed E-state index contributed by atoms with van der Waals surface area (Å²) < 4.78 is 13.1. The second kappa shape index (κ2) is 8.28. The number of aromatic nitrogens is 4. The van der Waals surface area contributed by atoms with E-state index in [0.29, 0.717) is 18.9 Å². The van der Waals surface area contributed by atoms with Gasteiger partial charge in [0.25, 0.3) is 0 Å². The van der Waals surface area contributed by atoms with Crippen molar-refractivity contribution in [1.29, 1.82) is 0 Å². The van der Waals surface area contributed by atoms with Crippen molar-refractivity contribution in [2.75, 3.05) is 33.0 Å². The predicted octanol–water partition coefficient (Wildman–Crippen LogP) is -0.0484. The van der Waals surface area contributed by atoms with E-state index in [2.05, 4.69) is 39.3 Å². The van der Waals surface area contributed by atoms with Gasteiger partial charge < -0.3 is 19.3 Å². The molecule has 1 aromatic carbocycles. The summed E-state index contributed by atoms with van der Waals surface area (Å²) in [5.74, 6) is 2.85. The zero-order valence-electron chi connectivity index (χ0n) is 17.3. The smallest absolute Gasteiger partial charge is 0.231 e. The van der Waals surface area contributed by atoms with Crippen molar-refractivity contribution in [1.82, 2.24) is 20.2 Å². The molecule has 2 fully saturated rings. The first-order valence-electron chi connectivity index (χ1n) is 11.2. The number of quaternary nitrogens is 2. The summed E-state index contributed by atoms with van der Waals surface area (Å²) in [6.45, 7) is 8.33. The number of fused-ring (bicyclic) bond motifs is 1. The van der Waals surface area contributed by atoms with E-state index in [1.807, 2.05) is 6.07 Å². The summed E-state index contributed by atoms with van der Waals surface area (Å²) in [6, 6.07) is 7.25. The monoisotopic (exact) mass is 400 g/mol. The van der Waals surface area contributed by atoms with Gasteiger partial charge in [0.1, 0.15) is 38.8 Å². The average Bonchev–Trinajstić information content (AvgIpc) is 3.51. The van der Waals surface area contributed by atoms with E-state index in [1.54, 1.807) is 9.80 Å². The van der Waals surface area contributed by atoms with E-state index in [1.165, 1.54) is 44.3 Å². The van der Waals surface area contributed by atoms with Crippen LogP contribution < -0.4 is 19.3 Å². The molecule has 1 saturated heterocycles. The van der Waals surface area contributed by atoms with E-state index < -0.39 is 0 Å². The van der Waals surface area contributed by atoms with Gasteiger partial charge in [-0.1, -0.05) is 19.8 Å². The van der Waals surface area contributed by atoms with Gasteiger partial charge in [0.05, 0.1) is 6.04 Å². The molecule has 2 aliphatic heterocycles. The van der Waals surface area contributed by atoms with Crippen molar-refractivity contribution in [3.8, 4) is 11.5 Å². The molecular formula is C21H32N6O2+2. The molecule has 0 amide bonds. The molecule has 1 atom stereocenters. The first-order valence-corrected chi connectivity index (χ1v) is 11.2. The Labute approximate surface area is 171 Å². The maximum atomic E-state index is 5.53. The summed E-state index contributed by atoms with van der Waals surface area (Å²) >= 11 is 0. The molecule has 8 heteroatoms. The first kappa shape index (κ1) is 18.8. The van der Waals surface area contributed by atoms with E-state index in [-0.39, 0.29) is 0 Å². The van der Waals surface area contributed by atoms with Crippen molar-refractivity contribution in [3.63, 3.8) is 0 Å². The molecule has 1 aliphatic carbocycles. The van der Waals surface area contributed by atoms with Crippen molar-refractivity contribution in [3.05, 3.63) is 29.6 Å². The summed E-state index contributed by atoms with van der Waals surface area (Å²) in [6.07, 6.45) is 6.12. The number of hydrogen-bond acceptors (Lipinski definition) is 5. The van der Waals surface area contributed by atoms with E-state index in [9.17, 15) is 0 Å². The summed E-state index contributed by atoms with van der Waals surface area (Å²) in [7, 11) is 0. The number of benzene rings is 1. The Balaban J connectivity index is 1.21. The number of nitrogens with zero attached hydrogens (tertiary/aromatic N) is 4. The van der Waals surface area contributed by atoms with Crippen LogP contribution in [-0.4, -0.2) is 53.2 Å². The second-order valence-corrected chi connectivity index (χ2v) is 8.65. The number of ether oxygens (including phenoxy) is 2. The maximum Gasteiger partial charge on any atom is 0.231 e. The van der Waals surface area contributed by atoms with Crippen molar-refractivity contribution < 1.29 is 19.3 Å². The summed E-state index contributed by atoms with van der Waals surface area (Å²) in [5.41, 5.74) is 1.32. The van der Waals surface area contributed by atoms with Crippen LogP contribution in [0.2, 0.25) is 0 Å². The fraction of sp³-hybridized carbons (Fsp3) is 0.667. The SMILES string of the molecule is CC[C@@H](c1nnnn1C1CCCC1)[NH+]1CC[NH+](Cc2ccc3c(c2)OCO3)CC1. The Kier molecular flexibility index (Phi) is 5.37. The minimum atomic E-state index is 0.340. The lowest BCUT2D eigenvalue weighted by Crippen LogP contribution is -3.27. The molecule has 3 heterocycles. The van der Waals surface area contributed by atoms with Crippen LogP contribution >= 0.6 is 0 Å². The van der Waals surface area contributed by atoms with E-state index >= 15 is 0 Å². The van der Waals surface area contributed by atoms with Gasteiger partial charge in [-0.15, -0.1) is 5.10 Å². The lowest BCUT2D eigenvalue weighted by Gasteiger charge is -2.34. The van der Waals surface area contributed by atoms with Crippen molar-refractivity contribution in [2.45, 2.75) is 57.7 Å². The van der Waals surface area contributed by atoms with Crippen LogP contribution in [0.1, 0.15) is 62.5 Å². The molecule has 8 nitrogen and oxygen atoms in total. The highest BCUT2D eigenvalue weighted by molar-refractivity contribution is 5.44. The van der Waals surface area contributed by atoms with Crippen molar-refractivity contribution in [2.24, 2.45) is 0 Å². The van der Waals surface area contributed by atoms with Crippen LogP contribution in [0.5, 0.6) is 11.5 Å². The molecule has 156 valence electrons. The zero-order chi connectivity index (χ0) is 19.6. The van der Waals surface area contributed by atoms with Gasteiger partial charge >= 0.3 is 0 Å². The van der Waals surface area contributed by atoms with Gasteiger partial charge in [-0.05, 0) is 41.5 Å². The number of tetrazole rings is 1. The molecule has 29 heavy (non-hydrogen) atoms. The topological polar surface area (TPSA) is 70.9 Å². The average molecular weight is 401 g/mol. The predicted molar refractivity (Wildman–Crippen MR) is 106 cm³/mol. The molecule has 0 radical (unpaired) electrons. The van der Waals surface area contributed by atoms with Crippen LogP contribution in [0.15, 0.2) is 18.2 Å². The minimum Gasteiger partial charge on any atom is -0.454 e. The largest absolute Gasteiger partial charge is 0.454 e. The third kappa shape index (κ3) is 3.83. The number of piperazine rings is 1. The molecule has 0 unspecified atom stereocenters. The molecule has 2 aromatic rings. The molecule has 0 spiro atoms. The Bertz CT molecular complexity index is 826. The highest BCUT2D eigenvalue weighted by Gasteiger charge is 2.35. The van der Waals surface area contributed by atoms with Crippen LogP contribution in [0.25, 0.3) is 0 Å². The molecule has 1 saturated carbocycles. The number of rotatable bonds is 6. The normalized spacial score (nSPS) is 25.4. The van der Waals surface area contributed by atoms with Crippen LogP contribution in [-0.2, 0) is 6.54 Å². The Morgan fingerprint density at radius 3 is 2.69 bits per heavy atom. The van der Waals surface area contributed by atoms with Crippen LogP contribution in [0.4, 0.5) is 0 Å². The van der Waals surface area contributed by atoms with Gasteiger partial charge in [0.15, 0.2) is 11.5 Å². The fourth-order valence-electron chi connectivity index (χ4n) is 5.28. The first-order chi connectivity index (χ1) is 14.3. The van der Waals surface area contributed by atoms with Crippen LogP contribution in [0, 0.1) is 0 Å². The molecule has 3 aliphatic rings. The lowest BCUT2D eigenvalue weighted by atomic mass is 10.1. The molecule has 5 rings (SSSR count). The molecule has 2 N–H and O–H groups in total. The van der Waals surface area contributed by atoms with E-state index in [4.69, 9.17) is 9.47 Å². The van der Waals surface area contributed by atoms with Crippen LogP contribution in [0.3, 0.4) is 0 Å². The Hall–Kier alpha value is -2.19. The Morgan fingerprint density at radius 2 is 1.90 bits per heavy atom. The molecular weight excluding hydrogens is 368 g/mol. The van der Waals surface area contributed by atoms with Gasteiger partial charge in [-0.2, -0.15) is 0 Å². The van der Waals surface area contributed by atoms with Gasteiger partial charge in [0, 0.05) is 12.0 Å². The highest BCUT2D eigenvalue weighted by atomic mass is 16.7. The second-order valence-electron chi connectivity index (χ2n) is 8.65. The number of nitrogens with one attached hydrogen (secondary N) is 2. The molecule has 1 aromatic heterocycles. The maximum absolute atomic E-state index is 5.53. The Morgan fingerprint density at radius 1 is 1.10 bits per heavy atom. The zero-order valence-corrected chi connectivity index (χ0v) is 17.3. The molecule has 0 bridgehead atoms. The summed E-state index contributed by atoms with van der Waals surface area (Å²) in [5, 5.41) is 12.9. The van der Waals surface area contributed by atoms with Gasteiger partial charge in [-0.25, -0.2) is 4.68 Å². The van der Waals surface area contributed by atoms with Gasteiger partial charge in [-0.3, -0.25) is 0 Å². The third-order valence-electron chi connectivity index (χ3n) is 6.89. The minimum absolute atomic E-state index is 0.340. The van der Waals surface area contributed by atoms with Crippen molar-refractivity contribution >= 4 is 0 Å². The lowest BCUT2D eigenvalue weighted by molar-refractivity contribution is -1.03. The summed E-state index contributed by atoms with van der Waals surface area (Å²) in [4.78, 5) is 3.27. The third-order valence-corrected chi connectivity index (χ3v) is 6.89. The van der Waals surface area contributed by atoms with E-state index in [0.717, 1.165) is 43.4 Å². The number of hydrogen-bond donors (Lipinski definition) is 2. The van der Waals surface area contributed by atoms with Gasteiger partial charge in [0.2, 0.25) is 12.6 Å². The quantitative estimate of drug-likeness (QED) is 0.712. The highest BCUT2D eigenvalue weighted by Crippen LogP contribution is 2.32. The standard InChI is InChI=1S/C21H30N6O2/c1-2-18(21-22-23-24-27(21)17-5-3-4-6-17)26-11-9-25(10-12-26)14-16-7-8-19-20(13-16)29-15-28-19/h7-8,13,17-18H,2-6,9-12,14-15H2,1H3/p+2/t18-/m0/s1. The fourth-order valence-corrected chi connectivity index (χ4v) is 5.28.